The molecule has 2 aromatic rings. The Morgan fingerprint density at radius 2 is 1.81 bits per heavy atom. The molecule has 0 aliphatic heterocycles. The summed E-state index contributed by atoms with van der Waals surface area (Å²) in [6.07, 6.45) is 4.07. The second-order valence-corrected chi connectivity index (χ2v) is 8.38. The first-order valence-electron chi connectivity index (χ1n) is 8.54. The smallest absolute Gasteiger partial charge is 0.264 e. The average molecular weight is 376 g/mol. The molecule has 1 N–H and O–H groups in total. The number of nitrogens with zero attached hydrogens (tertiary/aromatic N) is 1. The fourth-order valence-electron chi connectivity index (χ4n) is 3.13. The highest BCUT2D eigenvalue weighted by Gasteiger charge is 2.25. The number of carbonyl (C=O) groups is 1. The van der Waals surface area contributed by atoms with Gasteiger partial charge in [0, 0.05) is 18.7 Å². The van der Waals surface area contributed by atoms with Crippen LogP contribution in [0.25, 0.3) is 0 Å². The summed E-state index contributed by atoms with van der Waals surface area (Å²) in [6.45, 7) is 0. The highest BCUT2D eigenvalue weighted by Crippen LogP contribution is 2.25. The standard InChI is InChI=1S/C19H21FN2O3S/c1-22(18-12-5-4-11-17(18)20)26(24,25)16-10-6-7-14(13-16)19(23)21-15-8-2-3-9-15/h4-7,10-13,15H,2-3,8-9H2,1H3,(H,21,23). The summed E-state index contributed by atoms with van der Waals surface area (Å²) in [6, 6.07) is 11.6. The quantitative estimate of drug-likeness (QED) is 0.870. The number of amides is 1. The van der Waals surface area contributed by atoms with Crippen molar-refractivity contribution in [3.8, 4) is 0 Å². The predicted octanol–water partition coefficient (Wildman–Crippen LogP) is 3.32. The molecule has 0 unspecified atom stereocenters. The zero-order valence-electron chi connectivity index (χ0n) is 14.5. The number of para-hydroxylation sites is 1. The fraction of sp³-hybridized carbons (Fsp3) is 0.316. The molecule has 3 rings (SSSR count). The Bertz CT molecular complexity index is 909. The summed E-state index contributed by atoms with van der Waals surface area (Å²) >= 11 is 0. The molecule has 2 aromatic carbocycles. The van der Waals surface area contributed by atoms with E-state index in [2.05, 4.69) is 5.32 Å². The van der Waals surface area contributed by atoms with Gasteiger partial charge in [0.1, 0.15) is 5.82 Å². The van der Waals surface area contributed by atoms with Crippen molar-refractivity contribution < 1.29 is 17.6 Å². The molecule has 1 aliphatic rings. The number of carbonyl (C=O) groups excluding carboxylic acids is 1. The van der Waals surface area contributed by atoms with Crippen LogP contribution in [0.3, 0.4) is 0 Å². The highest BCUT2D eigenvalue weighted by atomic mass is 32.2. The molecule has 0 atom stereocenters. The third kappa shape index (κ3) is 3.72. The van der Waals surface area contributed by atoms with Gasteiger partial charge in [-0.1, -0.05) is 31.0 Å². The third-order valence-corrected chi connectivity index (χ3v) is 6.40. The van der Waals surface area contributed by atoms with Gasteiger partial charge in [-0.05, 0) is 43.2 Å². The SMILES string of the molecule is CN(c1ccccc1F)S(=O)(=O)c1cccc(C(=O)NC2CCCC2)c1. The van der Waals surface area contributed by atoms with Gasteiger partial charge in [-0.15, -0.1) is 0 Å². The van der Waals surface area contributed by atoms with E-state index in [-0.39, 0.29) is 28.1 Å². The van der Waals surface area contributed by atoms with Crippen molar-refractivity contribution >= 4 is 21.6 Å². The summed E-state index contributed by atoms with van der Waals surface area (Å²) in [5.41, 5.74) is 0.230. The normalized spacial score (nSPS) is 15.0. The van der Waals surface area contributed by atoms with Crippen LogP contribution in [0, 0.1) is 5.82 Å². The minimum atomic E-state index is -3.98. The van der Waals surface area contributed by atoms with Crippen molar-refractivity contribution in [3.05, 3.63) is 59.9 Å². The van der Waals surface area contributed by atoms with E-state index in [4.69, 9.17) is 0 Å². The molecule has 0 aromatic heterocycles. The Balaban J connectivity index is 1.86. The predicted molar refractivity (Wildman–Crippen MR) is 98.2 cm³/mol. The molecule has 0 saturated heterocycles. The Morgan fingerprint density at radius 1 is 1.12 bits per heavy atom. The van der Waals surface area contributed by atoms with Crippen LogP contribution < -0.4 is 9.62 Å². The van der Waals surface area contributed by atoms with Crippen molar-refractivity contribution in [1.29, 1.82) is 0 Å². The minimum absolute atomic E-state index is 0.0479. The molecular weight excluding hydrogens is 355 g/mol. The van der Waals surface area contributed by atoms with E-state index in [9.17, 15) is 17.6 Å². The number of hydrogen-bond donors (Lipinski definition) is 1. The highest BCUT2D eigenvalue weighted by molar-refractivity contribution is 7.92. The number of hydrogen-bond acceptors (Lipinski definition) is 3. The zero-order chi connectivity index (χ0) is 18.7. The Labute approximate surface area is 152 Å². The van der Waals surface area contributed by atoms with E-state index in [1.165, 1.54) is 43.4 Å². The largest absolute Gasteiger partial charge is 0.349 e. The average Bonchev–Trinajstić information content (AvgIpc) is 3.14. The third-order valence-electron chi connectivity index (χ3n) is 4.64. The summed E-state index contributed by atoms with van der Waals surface area (Å²) < 4.78 is 40.5. The van der Waals surface area contributed by atoms with Crippen LogP contribution in [0.1, 0.15) is 36.0 Å². The summed E-state index contributed by atoms with van der Waals surface area (Å²) in [4.78, 5) is 12.3. The molecule has 1 amide bonds. The first-order chi connectivity index (χ1) is 12.4. The lowest BCUT2D eigenvalue weighted by Gasteiger charge is -2.20. The van der Waals surface area contributed by atoms with E-state index < -0.39 is 15.8 Å². The maximum atomic E-state index is 14.0. The Morgan fingerprint density at radius 3 is 2.50 bits per heavy atom. The minimum Gasteiger partial charge on any atom is -0.349 e. The molecule has 7 heteroatoms. The van der Waals surface area contributed by atoms with Gasteiger partial charge in [-0.25, -0.2) is 12.8 Å². The van der Waals surface area contributed by atoms with E-state index in [1.54, 1.807) is 12.1 Å². The van der Waals surface area contributed by atoms with E-state index >= 15 is 0 Å². The van der Waals surface area contributed by atoms with Crippen molar-refractivity contribution in [2.24, 2.45) is 0 Å². The second kappa shape index (κ2) is 7.45. The van der Waals surface area contributed by atoms with Crippen molar-refractivity contribution in [1.82, 2.24) is 5.32 Å². The van der Waals surface area contributed by atoms with Gasteiger partial charge < -0.3 is 5.32 Å². The molecule has 26 heavy (non-hydrogen) atoms. The molecule has 1 aliphatic carbocycles. The van der Waals surface area contributed by atoms with Crippen molar-refractivity contribution in [2.45, 2.75) is 36.6 Å². The van der Waals surface area contributed by atoms with Gasteiger partial charge in [-0.2, -0.15) is 0 Å². The molecule has 0 spiro atoms. The Kier molecular flexibility index (Phi) is 5.27. The van der Waals surface area contributed by atoms with Crippen LogP contribution in [0.2, 0.25) is 0 Å². The molecule has 0 bridgehead atoms. The van der Waals surface area contributed by atoms with Crippen LogP contribution in [0.4, 0.5) is 10.1 Å². The van der Waals surface area contributed by atoms with Gasteiger partial charge in [0.2, 0.25) is 0 Å². The maximum absolute atomic E-state index is 14.0. The molecule has 0 heterocycles. The zero-order valence-corrected chi connectivity index (χ0v) is 15.3. The monoisotopic (exact) mass is 376 g/mol. The van der Waals surface area contributed by atoms with E-state index in [0.717, 1.165) is 30.0 Å². The molecule has 5 nitrogen and oxygen atoms in total. The molecule has 138 valence electrons. The first kappa shape index (κ1) is 18.4. The number of rotatable bonds is 5. The fourth-order valence-corrected chi connectivity index (χ4v) is 4.38. The van der Waals surface area contributed by atoms with Gasteiger partial charge >= 0.3 is 0 Å². The van der Waals surface area contributed by atoms with Crippen molar-refractivity contribution in [2.75, 3.05) is 11.4 Å². The van der Waals surface area contributed by atoms with Crippen LogP contribution in [0.5, 0.6) is 0 Å². The van der Waals surface area contributed by atoms with Crippen LogP contribution >= 0.6 is 0 Å². The lowest BCUT2D eigenvalue weighted by molar-refractivity contribution is 0.0937. The lowest BCUT2D eigenvalue weighted by Crippen LogP contribution is -2.33. The van der Waals surface area contributed by atoms with Gasteiger partial charge in [0.05, 0.1) is 10.6 Å². The first-order valence-corrected chi connectivity index (χ1v) is 9.98. The van der Waals surface area contributed by atoms with Crippen LogP contribution in [-0.2, 0) is 10.0 Å². The van der Waals surface area contributed by atoms with Crippen LogP contribution in [0.15, 0.2) is 53.4 Å². The molecule has 1 saturated carbocycles. The lowest BCUT2D eigenvalue weighted by atomic mass is 10.2. The van der Waals surface area contributed by atoms with Gasteiger partial charge in [0.25, 0.3) is 15.9 Å². The Hall–Kier alpha value is -2.41. The topological polar surface area (TPSA) is 66.5 Å². The maximum Gasteiger partial charge on any atom is 0.264 e. The number of halogens is 1. The number of benzene rings is 2. The molecule has 1 fully saturated rings. The second-order valence-electron chi connectivity index (χ2n) is 6.41. The summed E-state index contributed by atoms with van der Waals surface area (Å²) in [5.74, 6) is -0.920. The number of anilines is 1. The molecule has 0 radical (unpaired) electrons. The van der Waals surface area contributed by atoms with E-state index in [1.807, 2.05) is 0 Å². The van der Waals surface area contributed by atoms with Crippen LogP contribution in [-0.4, -0.2) is 27.4 Å². The molecular formula is C19H21FN2O3S. The van der Waals surface area contributed by atoms with Crippen molar-refractivity contribution in [3.63, 3.8) is 0 Å². The van der Waals surface area contributed by atoms with E-state index in [0.29, 0.717) is 0 Å². The van der Waals surface area contributed by atoms with Gasteiger partial charge in [-0.3, -0.25) is 9.10 Å². The van der Waals surface area contributed by atoms with Gasteiger partial charge in [0.15, 0.2) is 0 Å². The number of sulfonamides is 1. The number of nitrogens with one attached hydrogen (secondary N) is 1. The summed E-state index contributed by atoms with van der Waals surface area (Å²) in [7, 11) is -2.69. The summed E-state index contributed by atoms with van der Waals surface area (Å²) in [5, 5.41) is 2.94.